The second kappa shape index (κ2) is 7.79. The number of ether oxygens (including phenoxy) is 1. The highest BCUT2D eigenvalue weighted by atomic mass is 16.5. The van der Waals surface area contributed by atoms with Gasteiger partial charge in [0, 0.05) is 6.20 Å². The van der Waals surface area contributed by atoms with Crippen LogP contribution in [0.1, 0.15) is 5.56 Å². The molecule has 140 valence electrons. The van der Waals surface area contributed by atoms with Crippen molar-refractivity contribution in [2.45, 2.75) is 0 Å². The Morgan fingerprint density at radius 1 is 0.966 bits per heavy atom. The molecule has 0 bridgehead atoms. The molecule has 2 aromatic carbocycles. The number of nitriles is 1. The molecule has 29 heavy (non-hydrogen) atoms. The molecular formula is C23H16N4O2. The summed E-state index contributed by atoms with van der Waals surface area (Å²) in [4.78, 5) is 17.7. The van der Waals surface area contributed by atoms with E-state index in [0.717, 1.165) is 0 Å². The number of aromatic nitrogens is 3. The van der Waals surface area contributed by atoms with Crippen LogP contribution in [0.15, 0.2) is 83.8 Å². The van der Waals surface area contributed by atoms with Gasteiger partial charge in [-0.2, -0.15) is 15.0 Å². The number of rotatable bonds is 4. The zero-order valence-corrected chi connectivity index (χ0v) is 15.6. The van der Waals surface area contributed by atoms with E-state index in [0.29, 0.717) is 39.5 Å². The van der Waals surface area contributed by atoms with Gasteiger partial charge in [0.15, 0.2) is 0 Å². The van der Waals surface area contributed by atoms with E-state index in [9.17, 15) is 10.1 Å². The highest BCUT2D eigenvalue weighted by Gasteiger charge is 2.16. The number of hydrogen-bond acceptors (Lipinski definition) is 5. The molecule has 0 unspecified atom stereocenters. The predicted octanol–water partition coefficient (Wildman–Crippen LogP) is 3.84. The van der Waals surface area contributed by atoms with Crippen LogP contribution >= 0.6 is 0 Å². The molecule has 4 aromatic rings. The summed E-state index contributed by atoms with van der Waals surface area (Å²) in [7, 11) is 1.58. The monoisotopic (exact) mass is 380 g/mol. The Morgan fingerprint density at radius 2 is 1.79 bits per heavy atom. The molecule has 2 aromatic heterocycles. The fourth-order valence-electron chi connectivity index (χ4n) is 3.05. The Balaban J connectivity index is 2.03. The largest absolute Gasteiger partial charge is 0.497 e. The van der Waals surface area contributed by atoms with Crippen LogP contribution in [0.25, 0.3) is 28.2 Å². The molecule has 0 aliphatic rings. The Morgan fingerprint density at radius 3 is 2.55 bits per heavy atom. The first-order chi connectivity index (χ1) is 14.2. The first-order valence-corrected chi connectivity index (χ1v) is 8.91. The Bertz CT molecular complexity index is 1270. The lowest BCUT2D eigenvalue weighted by atomic mass is 10.1. The van der Waals surface area contributed by atoms with Crippen LogP contribution in [0.5, 0.6) is 5.75 Å². The second-order valence-corrected chi connectivity index (χ2v) is 6.24. The van der Waals surface area contributed by atoms with Gasteiger partial charge in [0.05, 0.1) is 29.6 Å². The van der Waals surface area contributed by atoms with Gasteiger partial charge in [-0.1, -0.05) is 30.3 Å². The maximum Gasteiger partial charge on any atom is 0.279 e. The first-order valence-electron chi connectivity index (χ1n) is 8.91. The summed E-state index contributed by atoms with van der Waals surface area (Å²) in [5, 5.41) is 14.0. The third-order valence-corrected chi connectivity index (χ3v) is 4.47. The van der Waals surface area contributed by atoms with Gasteiger partial charge in [0.25, 0.3) is 5.56 Å². The van der Waals surface area contributed by atoms with Crippen molar-refractivity contribution in [1.82, 2.24) is 14.8 Å². The number of nitrogens with zero attached hydrogens (tertiary/aromatic N) is 4. The Labute approximate surface area is 167 Å². The van der Waals surface area contributed by atoms with Gasteiger partial charge in [-0.05, 0) is 48.0 Å². The molecule has 2 heterocycles. The molecule has 0 fully saturated rings. The predicted molar refractivity (Wildman–Crippen MR) is 110 cm³/mol. The van der Waals surface area contributed by atoms with Crippen LogP contribution in [-0.2, 0) is 0 Å². The second-order valence-electron chi connectivity index (χ2n) is 6.24. The van der Waals surface area contributed by atoms with Crippen LogP contribution in [0, 0.1) is 11.3 Å². The maximum atomic E-state index is 13.4. The van der Waals surface area contributed by atoms with E-state index in [-0.39, 0.29) is 5.56 Å². The van der Waals surface area contributed by atoms with Crippen molar-refractivity contribution in [2.24, 2.45) is 0 Å². The van der Waals surface area contributed by atoms with Crippen molar-refractivity contribution in [3.05, 3.63) is 94.9 Å². The smallest absolute Gasteiger partial charge is 0.279 e. The highest BCUT2D eigenvalue weighted by Crippen LogP contribution is 2.25. The van der Waals surface area contributed by atoms with Crippen molar-refractivity contribution in [3.8, 4) is 40.0 Å². The molecule has 0 spiro atoms. The normalized spacial score (nSPS) is 10.3. The molecular weight excluding hydrogens is 364 g/mol. The average Bonchev–Trinajstić information content (AvgIpc) is 2.80. The molecule has 0 saturated heterocycles. The molecule has 6 nitrogen and oxygen atoms in total. The molecule has 0 atom stereocenters. The zero-order valence-electron chi connectivity index (χ0n) is 15.6. The Kier molecular flexibility index (Phi) is 4.87. The minimum absolute atomic E-state index is 0.333. The minimum Gasteiger partial charge on any atom is -0.497 e. The van der Waals surface area contributed by atoms with Crippen molar-refractivity contribution in [3.63, 3.8) is 0 Å². The fraction of sp³-hybridized carbons (Fsp3) is 0.0435. The van der Waals surface area contributed by atoms with Gasteiger partial charge in [-0.3, -0.25) is 9.78 Å². The summed E-state index contributed by atoms with van der Waals surface area (Å²) in [5.74, 6) is 0.641. The van der Waals surface area contributed by atoms with Gasteiger partial charge in [-0.25, -0.2) is 0 Å². The summed E-state index contributed by atoms with van der Waals surface area (Å²) in [5.41, 5.74) is 2.72. The summed E-state index contributed by atoms with van der Waals surface area (Å²) in [6, 6.07) is 23.5. The first kappa shape index (κ1) is 18.1. The van der Waals surface area contributed by atoms with Crippen LogP contribution < -0.4 is 10.3 Å². The van der Waals surface area contributed by atoms with Gasteiger partial charge >= 0.3 is 0 Å². The van der Waals surface area contributed by atoms with Crippen LogP contribution in [0.3, 0.4) is 0 Å². The van der Waals surface area contributed by atoms with E-state index in [1.807, 2.05) is 36.4 Å². The van der Waals surface area contributed by atoms with Crippen molar-refractivity contribution < 1.29 is 4.74 Å². The third-order valence-electron chi connectivity index (χ3n) is 4.47. The van der Waals surface area contributed by atoms with Gasteiger partial charge in [0.1, 0.15) is 17.5 Å². The zero-order chi connectivity index (χ0) is 20.2. The maximum absolute atomic E-state index is 13.4. The Hall–Kier alpha value is -4.24. The lowest BCUT2D eigenvalue weighted by molar-refractivity contribution is 0.415. The SMILES string of the molecule is COc1cccc(-c2cc(-c3ccccn3)nn(-c3ccccc3C#N)c2=O)c1. The molecule has 0 N–H and O–H groups in total. The number of benzene rings is 2. The van der Waals surface area contributed by atoms with Crippen LogP contribution in [0.4, 0.5) is 0 Å². The van der Waals surface area contributed by atoms with Crippen molar-refractivity contribution in [1.29, 1.82) is 5.26 Å². The summed E-state index contributed by atoms with van der Waals surface area (Å²) in [6.45, 7) is 0. The van der Waals surface area contributed by atoms with E-state index < -0.39 is 0 Å². The van der Waals surface area contributed by atoms with E-state index in [1.54, 1.807) is 49.7 Å². The van der Waals surface area contributed by atoms with Crippen molar-refractivity contribution in [2.75, 3.05) is 7.11 Å². The summed E-state index contributed by atoms with van der Waals surface area (Å²) >= 11 is 0. The van der Waals surface area contributed by atoms with Crippen LogP contribution in [0.2, 0.25) is 0 Å². The van der Waals surface area contributed by atoms with Gasteiger partial charge < -0.3 is 4.74 Å². The highest BCUT2D eigenvalue weighted by molar-refractivity contribution is 5.70. The van der Waals surface area contributed by atoms with E-state index in [2.05, 4.69) is 16.2 Å². The minimum atomic E-state index is -0.333. The fourth-order valence-corrected chi connectivity index (χ4v) is 3.05. The lowest BCUT2D eigenvalue weighted by Crippen LogP contribution is -2.24. The van der Waals surface area contributed by atoms with E-state index >= 15 is 0 Å². The molecule has 4 rings (SSSR count). The topological polar surface area (TPSA) is 80.8 Å². The summed E-state index contributed by atoms with van der Waals surface area (Å²) in [6.07, 6.45) is 1.67. The summed E-state index contributed by atoms with van der Waals surface area (Å²) < 4.78 is 6.56. The van der Waals surface area contributed by atoms with Gasteiger partial charge in [-0.15, -0.1) is 0 Å². The molecule has 0 saturated carbocycles. The number of hydrogen-bond donors (Lipinski definition) is 0. The molecule has 0 amide bonds. The molecule has 0 aliphatic carbocycles. The average molecular weight is 380 g/mol. The number of methoxy groups -OCH3 is 1. The molecule has 6 heteroatoms. The molecule has 0 radical (unpaired) electrons. The quantitative estimate of drug-likeness (QED) is 0.537. The number of pyridine rings is 1. The van der Waals surface area contributed by atoms with Crippen LogP contribution in [-0.4, -0.2) is 21.9 Å². The van der Waals surface area contributed by atoms with Gasteiger partial charge in [0.2, 0.25) is 0 Å². The lowest BCUT2D eigenvalue weighted by Gasteiger charge is -2.12. The van der Waals surface area contributed by atoms with E-state index in [1.165, 1.54) is 4.68 Å². The number of para-hydroxylation sites is 1. The van der Waals surface area contributed by atoms with E-state index in [4.69, 9.17) is 4.74 Å². The standard InChI is InChI=1S/C23H16N4O2/c1-29-18-9-6-8-16(13-18)19-14-21(20-10-4-5-12-25-20)26-27(23(19)28)22-11-3-2-7-17(22)15-24/h2-14H,1H3. The third kappa shape index (κ3) is 3.49. The van der Waals surface area contributed by atoms with Crippen molar-refractivity contribution >= 4 is 0 Å². The molecule has 0 aliphatic heterocycles.